The van der Waals surface area contributed by atoms with E-state index in [2.05, 4.69) is 10.2 Å². The molecule has 0 saturated carbocycles. The molecule has 1 unspecified atom stereocenters. The van der Waals surface area contributed by atoms with Crippen LogP contribution in [0.15, 0.2) is 35.2 Å². The van der Waals surface area contributed by atoms with Crippen LogP contribution in [-0.4, -0.2) is 42.1 Å². The first kappa shape index (κ1) is 18.4. The molecule has 1 saturated heterocycles. The lowest BCUT2D eigenvalue weighted by molar-refractivity contribution is 0.123. The number of piperidine rings is 1. The van der Waals surface area contributed by atoms with Crippen molar-refractivity contribution in [2.45, 2.75) is 30.8 Å². The van der Waals surface area contributed by atoms with E-state index < -0.39 is 10.0 Å². The van der Waals surface area contributed by atoms with Crippen molar-refractivity contribution in [2.24, 2.45) is 0 Å². The predicted molar refractivity (Wildman–Crippen MR) is 95.6 cm³/mol. The molecule has 0 aliphatic carbocycles. The van der Waals surface area contributed by atoms with Crippen molar-refractivity contribution in [3.05, 3.63) is 46.1 Å². The zero-order valence-corrected chi connectivity index (χ0v) is 15.9. The molecule has 2 heterocycles. The number of halogens is 2. The van der Waals surface area contributed by atoms with Gasteiger partial charge in [-0.05, 0) is 44.0 Å². The molecule has 25 heavy (non-hydrogen) atoms. The number of aromatic nitrogens is 2. The van der Waals surface area contributed by atoms with Gasteiger partial charge in [-0.1, -0.05) is 23.2 Å². The van der Waals surface area contributed by atoms with E-state index in [9.17, 15) is 8.42 Å². The van der Waals surface area contributed by atoms with E-state index in [0.29, 0.717) is 23.9 Å². The summed E-state index contributed by atoms with van der Waals surface area (Å²) in [6.45, 7) is 2.46. The van der Waals surface area contributed by atoms with Crippen molar-refractivity contribution in [1.29, 1.82) is 0 Å². The second-order valence-electron chi connectivity index (χ2n) is 5.83. The fourth-order valence-corrected chi connectivity index (χ4v) is 4.90. The number of sulfonamides is 1. The highest BCUT2D eigenvalue weighted by molar-refractivity contribution is 7.89. The summed E-state index contributed by atoms with van der Waals surface area (Å²) >= 11 is 12.0. The Hall–Kier alpha value is -1.41. The number of nitrogens with zero attached hydrogens (tertiary/aromatic N) is 3. The van der Waals surface area contributed by atoms with Gasteiger partial charge in [-0.25, -0.2) is 8.42 Å². The Kier molecular flexibility index (Phi) is 5.48. The lowest BCUT2D eigenvalue weighted by atomic mass is 10.1. The standard InChI is InChI=1S/C16H17Cl2N3O3S/c1-11-4-7-16(20-19-11)24-13-3-2-8-21(10-13)25(22,23)15-9-12(17)5-6-14(15)18/h4-7,9,13H,2-3,8,10H2,1H3. The normalized spacial score (nSPS) is 18.9. The summed E-state index contributed by atoms with van der Waals surface area (Å²) in [5.74, 6) is 0.385. The average Bonchev–Trinajstić information content (AvgIpc) is 2.59. The van der Waals surface area contributed by atoms with Crippen LogP contribution in [-0.2, 0) is 10.0 Å². The fraction of sp³-hybridized carbons (Fsp3) is 0.375. The monoisotopic (exact) mass is 401 g/mol. The Bertz CT molecular complexity index is 859. The van der Waals surface area contributed by atoms with Crippen LogP contribution in [0.5, 0.6) is 5.88 Å². The summed E-state index contributed by atoms with van der Waals surface area (Å²) in [7, 11) is -3.75. The van der Waals surface area contributed by atoms with Gasteiger partial charge in [0.05, 0.1) is 17.3 Å². The van der Waals surface area contributed by atoms with Gasteiger partial charge >= 0.3 is 0 Å². The molecule has 1 aromatic carbocycles. The van der Waals surface area contributed by atoms with E-state index in [1.54, 1.807) is 18.2 Å². The van der Waals surface area contributed by atoms with Crippen molar-refractivity contribution in [2.75, 3.05) is 13.1 Å². The van der Waals surface area contributed by atoms with Crippen LogP contribution in [0.1, 0.15) is 18.5 Å². The third-order valence-electron chi connectivity index (χ3n) is 3.91. The minimum atomic E-state index is -3.75. The van der Waals surface area contributed by atoms with Crippen LogP contribution in [0.2, 0.25) is 10.0 Å². The van der Waals surface area contributed by atoms with Crippen molar-refractivity contribution >= 4 is 33.2 Å². The molecule has 1 aliphatic heterocycles. The molecule has 134 valence electrons. The Morgan fingerprint density at radius 3 is 2.72 bits per heavy atom. The maximum atomic E-state index is 12.9. The van der Waals surface area contributed by atoms with Gasteiger partial charge in [0.25, 0.3) is 0 Å². The van der Waals surface area contributed by atoms with Crippen LogP contribution in [0.25, 0.3) is 0 Å². The van der Waals surface area contributed by atoms with Gasteiger partial charge in [-0.15, -0.1) is 5.10 Å². The van der Waals surface area contributed by atoms with Crippen molar-refractivity contribution in [1.82, 2.24) is 14.5 Å². The molecule has 1 aromatic heterocycles. The van der Waals surface area contributed by atoms with Crippen LogP contribution >= 0.6 is 23.2 Å². The van der Waals surface area contributed by atoms with E-state index in [4.69, 9.17) is 27.9 Å². The third-order valence-corrected chi connectivity index (χ3v) is 6.49. The molecule has 0 spiro atoms. The lowest BCUT2D eigenvalue weighted by Gasteiger charge is -2.31. The zero-order chi connectivity index (χ0) is 18.0. The van der Waals surface area contributed by atoms with Crippen LogP contribution in [0.4, 0.5) is 0 Å². The van der Waals surface area contributed by atoms with Crippen LogP contribution < -0.4 is 4.74 Å². The van der Waals surface area contributed by atoms with Gasteiger partial charge in [0.2, 0.25) is 15.9 Å². The first-order valence-corrected chi connectivity index (χ1v) is 9.98. The number of benzene rings is 1. The highest BCUT2D eigenvalue weighted by Gasteiger charge is 2.32. The summed E-state index contributed by atoms with van der Waals surface area (Å²) in [5, 5.41) is 8.38. The Labute approximate surface area is 156 Å². The zero-order valence-electron chi connectivity index (χ0n) is 13.5. The van der Waals surface area contributed by atoms with Gasteiger partial charge in [0, 0.05) is 17.6 Å². The number of rotatable bonds is 4. The van der Waals surface area contributed by atoms with Gasteiger partial charge < -0.3 is 4.74 Å². The quantitative estimate of drug-likeness (QED) is 0.785. The summed E-state index contributed by atoms with van der Waals surface area (Å²) in [6.07, 6.45) is 1.13. The van der Waals surface area contributed by atoms with Gasteiger partial charge in [-0.3, -0.25) is 0 Å². The molecule has 1 aliphatic rings. The summed E-state index contributed by atoms with van der Waals surface area (Å²) in [5.41, 5.74) is 0.788. The second kappa shape index (κ2) is 7.45. The maximum absolute atomic E-state index is 12.9. The number of aryl methyl sites for hydroxylation is 1. The largest absolute Gasteiger partial charge is 0.472 e. The Balaban J connectivity index is 1.78. The molecule has 2 aromatic rings. The second-order valence-corrected chi connectivity index (χ2v) is 8.58. The van der Waals surface area contributed by atoms with Gasteiger partial charge in [0.1, 0.15) is 11.0 Å². The van der Waals surface area contributed by atoms with E-state index in [-0.39, 0.29) is 22.6 Å². The van der Waals surface area contributed by atoms with Crippen molar-refractivity contribution in [3.8, 4) is 5.88 Å². The SMILES string of the molecule is Cc1ccc(OC2CCCN(S(=O)(=O)c3cc(Cl)ccc3Cl)C2)nn1. The molecular weight excluding hydrogens is 385 g/mol. The van der Waals surface area contributed by atoms with Gasteiger partial charge in [-0.2, -0.15) is 9.40 Å². The minimum absolute atomic E-state index is 0.0115. The predicted octanol–water partition coefficient (Wildman–Crippen LogP) is 3.32. The van der Waals surface area contributed by atoms with E-state index in [1.807, 2.05) is 6.92 Å². The van der Waals surface area contributed by atoms with Crippen molar-refractivity contribution in [3.63, 3.8) is 0 Å². The maximum Gasteiger partial charge on any atom is 0.244 e. The van der Waals surface area contributed by atoms with Crippen LogP contribution in [0, 0.1) is 6.92 Å². The highest BCUT2D eigenvalue weighted by atomic mass is 35.5. The van der Waals surface area contributed by atoms with E-state index >= 15 is 0 Å². The molecule has 0 N–H and O–H groups in total. The van der Waals surface area contributed by atoms with E-state index in [0.717, 1.165) is 12.1 Å². The van der Waals surface area contributed by atoms with Crippen LogP contribution in [0.3, 0.4) is 0 Å². The molecule has 0 bridgehead atoms. The molecule has 1 fully saturated rings. The summed E-state index contributed by atoms with van der Waals surface area (Å²) in [6, 6.07) is 7.93. The molecule has 1 atom stereocenters. The van der Waals surface area contributed by atoms with Gasteiger partial charge in [0.15, 0.2) is 0 Å². The lowest BCUT2D eigenvalue weighted by Crippen LogP contribution is -2.44. The number of hydrogen-bond acceptors (Lipinski definition) is 5. The molecule has 0 radical (unpaired) electrons. The van der Waals surface area contributed by atoms with Crippen molar-refractivity contribution < 1.29 is 13.2 Å². The first-order chi connectivity index (χ1) is 11.9. The first-order valence-electron chi connectivity index (χ1n) is 7.78. The topological polar surface area (TPSA) is 72.4 Å². The third kappa shape index (κ3) is 4.23. The molecule has 3 rings (SSSR count). The molecule has 0 amide bonds. The Morgan fingerprint density at radius 1 is 1.20 bits per heavy atom. The summed E-state index contributed by atoms with van der Waals surface area (Å²) in [4.78, 5) is 0.0115. The fourth-order valence-electron chi connectivity index (χ4n) is 2.65. The molecular formula is C16H17Cl2N3O3S. The molecule has 9 heteroatoms. The molecule has 6 nitrogen and oxygen atoms in total. The minimum Gasteiger partial charge on any atom is -0.472 e. The number of ether oxygens (including phenoxy) is 1. The summed E-state index contributed by atoms with van der Waals surface area (Å²) < 4.78 is 33.0. The highest BCUT2D eigenvalue weighted by Crippen LogP contribution is 2.29. The number of hydrogen-bond donors (Lipinski definition) is 0. The average molecular weight is 402 g/mol. The smallest absolute Gasteiger partial charge is 0.244 e. The van der Waals surface area contributed by atoms with E-state index in [1.165, 1.54) is 16.4 Å². The Morgan fingerprint density at radius 2 is 2.00 bits per heavy atom.